The first kappa shape index (κ1) is 6.84. The van der Waals surface area contributed by atoms with E-state index in [1.807, 2.05) is 12.1 Å². The summed E-state index contributed by atoms with van der Waals surface area (Å²) in [5, 5.41) is 0. The molecular weight excluding hydrogens is 170 g/mol. The molecule has 0 spiro atoms. The fourth-order valence-electron chi connectivity index (χ4n) is 0.277. The molecule has 0 saturated carbocycles. The SMILES string of the molecule is [Mo].[c-]1cccnc1. The van der Waals surface area contributed by atoms with Crippen LogP contribution in [0.3, 0.4) is 0 Å². The van der Waals surface area contributed by atoms with Crippen LogP contribution < -0.4 is 0 Å². The largest absolute Gasteiger partial charge is 0.304 e. The van der Waals surface area contributed by atoms with Crippen molar-refractivity contribution in [2.24, 2.45) is 0 Å². The Balaban J connectivity index is 0.000000360. The summed E-state index contributed by atoms with van der Waals surface area (Å²) < 4.78 is 0. The Morgan fingerprint density at radius 1 is 1.43 bits per heavy atom. The Morgan fingerprint density at radius 3 is 2.43 bits per heavy atom. The molecule has 0 unspecified atom stereocenters. The van der Waals surface area contributed by atoms with Gasteiger partial charge in [-0.1, -0.05) is 12.4 Å². The van der Waals surface area contributed by atoms with E-state index >= 15 is 0 Å². The molecule has 2 heteroatoms. The van der Waals surface area contributed by atoms with E-state index in [1.165, 1.54) is 0 Å². The Bertz CT molecular complexity index is 80.0. The van der Waals surface area contributed by atoms with Crippen LogP contribution in [0.5, 0.6) is 0 Å². The van der Waals surface area contributed by atoms with Crippen molar-refractivity contribution < 1.29 is 21.1 Å². The third kappa shape index (κ3) is 2.52. The standard InChI is InChI=1S/C5H4N.Mo/c1-2-4-6-5-3-1;/h1-2,4-5H;/q-1;. The summed E-state index contributed by atoms with van der Waals surface area (Å²) in [6.07, 6.45) is 3.34. The zero-order chi connectivity index (χ0) is 4.24. The summed E-state index contributed by atoms with van der Waals surface area (Å²) in [5.41, 5.74) is 0. The minimum Gasteiger partial charge on any atom is -0.304 e. The summed E-state index contributed by atoms with van der Waals surface area (Å²) in [6, 6.07) is 6.43. The fraction of sp³-hybridized carbons (Fsp3) is 0. The summed E-state index contributed by atoms with van der Waals surface area (Å²) in [6.45, 7) is 0. The molecule has 0 aliphatic heterocycles. The maximum atomic E-state index is 3.73. The van der Waals surface area contributed by atoms with Crippen molar-refractivity contribution in [1.29, 1.82) is 0 Å². The molecule has 1 nitrogen and oxygen atoms in total. The van der Waals surface area contributed by atoms with Crippen molar-refractivity contribution in [3.05, 3.63) is 30.6 Å². The van der Waals surface area contributed by atoms with Crippen molar-refractivity contribution in [3.8, 4) is 0 Å². The topological polar surface area (TPSA) is 12.9 Å². The molecule has 1 heterocycles. The molecule has 0 fully saturated rings. The molecule has 1 aromatic heterocycles. The molecular formula is C5H4MoN-. The molecule has 0 radical (unpaired) electrons. The van der Waals surface area contributed by atoms with Crippen LogP contribution in [0.25, 0.3) is 0 Å². The van der Waals surface area contributed by atoms with Gasteiger partial charge in [0.2, 0.25) is 0 Å². The van der Waals surface area contributed by atoms with Crippen LogP contribution in [0.15, 0.2) is 24.5 Å². The Labute approximate surface area is 57.0 Å². The quantitative estimate of drug-likeness (QED) is 0.420. The monoisotopic (exact) mass is 176 g/mol. The molecule has 0 aliphatic carbocycles. The van der Waals surface area contributed by atoms with Gasteiger partial charge in [-0.25, -0.2) is 12.1 Å². The second-order valence-corrected chi connectivity index (χ2v) is 0.953. The second-order valence-electron chi connectivity index (χ2n) is 0.953. The third-order valence-electron chi connectivity index (χ3n) is 0.514. The predicted octanol–water partition coefficient (Wildman–Crippen LogP) is 0.879. The summed E-state index contributed by atoms with van der Waals surface area (Å²) in [5.74, 6) is 0. The van der Waals surface area contributed by atoms with Crippen LogP contribution in [0.4, 0.5) is 0 Å². The van der Waals surface area contributed by atoms with Crippen molar-refractivity contribution in [2.75, 3.05) is 0 Å². The van der Waals surface area contributed by atoms with Gasteiger partial charge in [-0.05, 0) is 0 Å². The van der Waals surface area contributed by atoms with Crippen LogP contribution in [-0.2, 0) is 21.1 Å². The molecule has 0 aromatic carbocycles. The Hall–Kier alpha value is -0.162. The van der Waals surface area contributed by atoms with Gasteiger partial charge in [0, 0.05) is 21.1 Å². The Morgan fingerprint density at radius 2 is 2.29 bits per heavy atom. The first-order valence-electron chi connectivity index (χ1n) is 1.76. The first-order chi connectivity index (χ1) is 3.00. The van der Waals surface area contributed by atoms with Crippen molar-refractivity contribution in [2.45, 2.75) is 0 Å². The van der Waals surface area contributed by atoms with E-state index in [0.29, 0.717) is 0 Å². The predicted molar refractivity (Wildman–Crippen MR) is 23.1 cm³/mol. The van der Waals surface area contributed by atoms with Gasteiger partial charge in [0.1, 0.15) is 0 Å². The van der Waals surface area contributed by atoms with Gasteiger partial charge in [0.15, 0.2) is 0 Å². The van der Waals surface area contributed by atoms with E-state index in [4.69, 9.17) is 0 Å². The molecule has 0 atom stereocenters. The van der Waals surface area contributed by atoms with Gasteiger partial charge in [-0.2, -0.15) is 6.07 Å². The van der Waals surface area contributed by atoms with Crippen LogP contribution in [0, 0.1) is 6.07 Å². The zero-order valence-electron chi connectivity index (χ0n) is 3.66. The molecule has 1 aromatic rings. The van der Waals surface area contributed by atoms with Gasteiger partial charge in [-0.15, -0.1) is 0 Å². The van der Waals surface area contributed by atoms with Gasteiger partial charge >= 0.3 is 0 Å². The van der Waals surface area contributed by atoms with Crippen molar-refractivity contribution in [1.82, 2.24) is 4.98 Å². The number of hydrogen-bond acceptors (Lipinski definition) is 1. The van der Waals surface area contributed by atoms with E-state index in [2.05, 4.69) is 11.1 Å². The normalized spacial score (nSPS) is 6.86. The molecule has 0 N–H and O–H groups in total. The average molecular weight is 174 g/mol. The average Bonchev–Trinajstić information content (AvgIpc) is 1.72. The molecule has 0 saturated heterocycles. The van der Waals surface area contributed by atoms with Crippen LogP contribution in [-0.4, -0.2) is 4.98 Å². The minimum absolute atomic E-state index is 0. The summed E-state index contributed by atoms with van der Waals surface area (Å²) in [7, 11) is 0. The maximum absolute atomic E-state index is 3.73. The zero-order valence-corrected chi connectivity index (χ0v) is 5.67. The molecule has 0 amide bonds. The van der Waals surface area contributed by atoms with Gasteiger partial charge in [-0.3, -0.25) is 0 Å². The van der Waals surface area contributed by atoms with Gasteiger partial charge in [0.25, 0.3) is 0 Å². The maximum Gasteiger partial charge on any atom is 0 e. The molecule has 7 heavy (non-hydrogen) atoms. The summed E-state index contributed by atoms with van der Waals surface area (Å²) >= 11 is 0. The second kappa shape index (κ2) is 4.01. The Kier molecular flexibility index (Phi) is 3.92. The molecule has 0 aliphatic rings. The van der Waals surface area contributed by atoms with Crippen LogP contribution in [0.1, 0.15) is 0 Å². The van der Waals surface area contributed by atoms with Crippen molar-refractivity contribution >= 4 is 0 Å². The van der Waals surface area contributed by atoms with Gasteiger partial charge in [0.05, 0.1) is 0 Å². The molecule has 0 bridgehead atoms. The number of nitrogens with zero attached hydrogens (tertiary/aromatic N) is 1. The van der Waals surface area contributed by atoms with Crippen LogP contribution in [0.2, 0.25) is 0 Å². The minimum atomic E-state index is 0. The number of rotatable bonds is 0. The van der Waals surface area contributed by atoms with Crippen LogP contribution >= 0.6 is 0 Å². The molecule has 1 rings (SSSR count). The smallest absolute Gasteiger partial charge is 0 e. The number of aromatic nitrogens is 1. The van der Waals surface area contributed by atoms with E-state index in [9.17, 15) is 0 Å². The number of pyridine rings is 1. The molecule has 36 valence electrons. The third-order valence-corrected chi connectivity index (χ3v) is 0.514. The summed E-state index contributed by atoms with van der Waals surface area (Å²) in [4.78, 5) is 3.73. The van der Waals surface area contributed by atoms with E-state index in [0.717, 1.165) is 0 Å². The van der Waals surface area contributed by atoms with Crippen molar-refractivity contribution in [3.63, 3.8) is 0 Å². The van der Waals surface area contributed by atoms with E-state index < -0.39 is 0 Å². The fourth-order valence-corrected chi connectivity index (χ4v) is 0.277. The van der Waals surface area contributed by atoms with Gasteiger partial charge < -0.3 is 4.98 Å². The first-order valence-corrected chi connectivity index (χ1v) is 1.76. The van der Waals surface area contributed by atoms with E-state index in [-0.39, 0.29) is 21.1 Å². The number of hydrogen-bond donors (Lipinski definition) is 0. The van der Waals surface area contributed by atoms with E-state index in [1.54, 1.807) is 12.4 Å².